The lowest BCUT2D eigenvalue weighted by Crippen LogP contribution is -2.53. The van der Waals surface area contributed by atoms with Crippen LogP contribution < -0.4 is 15.4 Å². The number of nitrogens with zero attached hydrogens (tertiary/aromatic N) is 2. The third-order valence-electron chi connectivity index (χ3n) is 6.65. The van der Waals surface area contributed by atoms with E-state index in [1.807, 2.05) is 56.3 Å². The largest absolute Gasteiger partial charge is 0.497 e. The number of aryl methyl sites for hydroxylation is 1. The zero-order chi connectivity index (χ0) is 30.9. The summed E-state index contributed by atoms with van der Waals surface area (Å²) >= 11 is 0. The van der Waals surface area contributed by atoms with Crippen LogP contribution >= 0.6 is 0 Å². The number of amides is 3. The van der Waals surface area contributed by atoms with E-state index in [0.717, 1.165) is 16.7 Å². The number of ether oxygens (including phenoxy) is 2. The number of hydrogen-bond acceptors (Lipinski definition) is 6. The maximum absolute atomic E-state index is 14.3. The van der Waals surface area contributed by atoms with Crippen molar-refractivity contribution in [2.75, 3.05) is 19.0 Å². The van der Waals surface area contributed by atoms with Crippen molar-refractivity contribution in [3.8, 4) is 11.8 Å². The van der Waals surface area contributed by atoms with Crippen molar-refractivity contribution in [3.63, 3.8) is 0 Å². The average Bonchev–Trinajstić information content (AvgIpc) is 2.94. The Balaban J connectivity index is 2.07. The van der Waals surface area contributed by atoms with Gasteiger partial charge < -0.3 is 25.0 Å². The van der Waals surface area contributed by atoms with Crippen molar-refractivity contribution in [2.24, 2.45) is 0 Å². The van der Waals surface area contributed by atoms with Crippen LogP contribution in [0.4, 0.5) is 10.5 Å². The smallest absolute Gasteiger partial charge is 0.408 e. The second-order valence-corrected chi connectivity index (χ2v) is 10.9. The Labute approximate surface area is 247 Å². The molecule has 0 saturated heterocycles. The van der Waals surface area contributed by atoms with Gasteiger partial charge in [-0.25, -0.2) is 4.79 Å². The molecule has 3 aromatic carbocycles. The Bertz CT molecular complexity index is 1430. The summed E-state index contributed by atoms with van der Waals surface area (Å²) in [6.07, 6.45) is -0.653. The predicted molar refractivity (Wildman–Crippen MR) is 161 cm³/mol. The van der Waals surface area contributed by atoms with E-state index in [-0.39, 0.29) is 6.42 Å². The highest BCUT2D eigenvalue weighted by Crippen LogP contribution is 2.29. The van der Waals surface area contributed by atoms with Crippen LogP contribution in [0, 0.1) is 25.2 Å². The molecule has 9 nitrogen and oxygen atoms in total. The molecule has 0 aliphatic heterocycles. The Morgan fingerprint density at radius 1 is 0.952 bits per heavy atom. The maximum Gasteiger partial charge on any atom is 0.408 e. The van der Waals surface area contributed by atoms with Gasteiger partial charge in [0, 0.05) is 12.1 Å². The molecule has 0 aliphatic carbocycles. The van der Waals surface area contributed by atoms with E-state index in [1.54, 1.807) is 64.3 Å². The molecule has 3 amide bonds. The van der Waals surface area contributed by atoms with E-state index >= 15 is 0 Å². The fourth-order valence-electron chi connectivity index (χ4n) is 4.48. The first-order chi connectivity index (χ1) is 19.9. The number of anilines is 1. The Morgan fingerprint density at radius 2 is 1.62 bits per heavy atom. The molecule has 2 unspecified atom stereocenters. The number of benzene rings is 3. The summed E-state index contributed by atoms with van der Waals surface area (Å²) in [6, 6.07) is 21.2. The second kappa shape index (κ2) is 14.2. The summed E-state index contributed by atoms with van der Waals surface area (Å²) in [5.41, 5.74) is 2.79. The molecule has 0 radical (unpaired) electrons. The van der Waals surface area contributed by atoms with E-state index < -0.39 is 42.1 Å². The molecule has 0 fully saturated rings. The first kappa shape index (κ1) is 31.7. The van der Waals surface area contributed by atoms with Gasteiger partial charge >= 0.3 is 6.09 Å². The molecule has 2 atom stereocenters. The van der Waals surface area contributed by atoms with E-state index in [9.17, 15) is 19.6 Å². The first-order valence-corrected chi connectivity index (χ1v) is 13.7. The highest BCUT2D eigenvalue weighted by Gasteiger charge is 2.37. The molecule has 42 heavy (non-hydrogen) atoms. The molecule has 0 spiro atoms. The highest BCUT2D eigenvalue weighted by atomic mass is 16.6. The summed E-state index contributed by atoms with van der Waals surface area (Å²) in [5, 5.41) is 15.4. The number of carbonyl (C=O) groups is 3. The lowest BCUT2D eigenvalue weighted by atomic mass is 9.94. The number of nitrogens with one attached hydrogen (secondary N) is 2. The van der Waals surface area contributed by atoms with Gasteiger partial charge in [-0.15, -0.1) is 0 Å². The first-order valence-electron chi connectivity index (χ1n) is 13.7. The fraction of sp³-hybridized carbons (Fsp3) is 0.333. The normalized spacial score (nSPS) is 12.3. The summed E-state index contributed by atoms with van der Waals surface area (Å²) in [7, 11) is 1.55. The number of alkyl carbamates (subject to hydrolysis) is 1. The summed E-state index contributed by atoms with van der Waals surface area (Å²) < 4.78 is 10.7. The van der Waals surface area contributed by atoms with Crippen LogP contribution in [0.1, 0.15) is 49.1 Å². The fourth-order valence-corrected chi connectivity index (χ4v) is 4.48. The van der Waals surface area contributed by atoms with Crippen LogP contribution in [0.3, 0.4) is 0 Å². The van der Waals surface area contributed by atoms with E-state index in [0.29, 0.717) is 17.0 Å². The Hall–Kier alpha value is -4.84. The molecule has 3 rings (SSSR count). The van der Waals surface area contributed by atoms with Gasteiger partial charge in [-0.1, -0.05) is 48.5 Å². The van der Waals surface area contributed by atoms with Crippen LogP contribution in [0.2, 0.25) is 0 Å². The van der Waals surface area contributed by atoms with Gasteiger partial charge in [-0.3, -0.25) is 9.59 Å². The van der Waals surface area contributed by atoms with Crippen molar-refractivity contribution in [1.29, 1.82) is 5.26 Å². The summed E-state index contributed by atoms with van der Waals surface area (Å²) in [6.45, 7) is 8.56. The molecule has 0 aromatic heterocycles. The van der Waals surface area contributed by atoms with Gasteiger partial charge in [0.05, 0.1) is 13.2 Å². The number of rotatable bonds is 10. The van der Waals surface area contributed by atoms with E-state index in [2.05, 4.69) is 10.6 Å². The minimum absolute atomic E-state index is 0.125. The van der Waals surface area contributed by atoms with Gasteiger partial charge in [0.2, 0.25) is 5.91 Å². The molecular weight excluding hydrogens is 532 g/mol. The zero-order valence-electron chi connectivity index (χ0n) is 24.9. The molecular formula is C33H38N4O5. The van der Waals surface area contributed by atoms with Gasteiger partial charge in [-0.05, 0) is 81.1 Å². The monoisotopic (exact) mass is 570 g/mol. The van der Waals surface area contributed by atoms with Crippen LogP contribution in [0.25, 0.3) is 0 Å². The summed E-state index contributed by atoms with van der Waals surface area (Å²) in [5.74, 6) is -0.479. The number of carbonyl (C=O) groups excluding carboxylic acids is 3. The minimum atomic E-state index is -1.17. The third-order valence-corrected chi connectivity index (χ3v) is 6.65. The number of nitriles is 1. The molecule has 0 aliphatic rings. The Morgan fingerprint density at radius 3 is 2.21 bits per heavy atom. The highest BCUT2D eigenvalue weighted by molar-refractivity contribution is 5.99. The standard InChI is InChI=1S/C33H38N4O5/c1-22-11-10-14-27(23(22)2)29(30(38)35-25-15-17-26(41-6)18-16-25)37(20-19-34)31(39)28(21-24-12-8-7-9-13-24)36-32(40)42-33(3,4)5/h7-18,28-29H,20-21H2,1-6H3,(H,35,38)(H,36,40). The third kappa shape index (κ3) is 8.58. The predicted octanol–water partition coefficient (Wildman–Crippen LogP) is 5.48. The SMILES string of the molecule is COc1ccc(NC(=O)C(c2cccc(C)c2C)N(CC#N)C(=O)C(Cc2ccccc2)NC(=O)OC(C)(C)C)cc1. The van der Waals surface area contributed by atoms with Gasteiger partial charge in [-0.2, -0.15) is 5.26 Å². The molecule has 0 heterocycles. The zero-order valence-corrected chi connectivity index (χ0v) is 24.9. The van der Waals surface area contributed by atoms with Crippen molar-refractivity contribution in [1.82, 2.24) is 10.2 Å². The van der Waals surface area contributed by atoms with Gasteiger partial charge in [0.1, 0.15) is 30.0 Å². The lowest BCUT2D eigenvalue weighted by Gasteiger charge is -2.34. The van der Waals surface area contributed by atoms with E-state index in [4.69, 9.17) is 9.47 Å². The molecule has 0 saturated carbocycles. The van der Waals surface area contributed by atoms with Crippen molar-refractivity contribution in [3.05, 3.63) is 95.1 Å². The van der Waals surface area contributed by atoms with E-state index in [1.165, 1.54) is 4.90 Å². The molecule has 0 bridgehead atoms. The lowest BCUT2D eigenvalue weighted by molar-refractivity contribution is -0.140. The van der Waals surface area contributed by atoms with Crippen LogP contribution in [-0.2, 0) is 20.7 Å². The number of hydrogen-bond donors (Lipinski definition) is 2. The second-order valence-electron chi connectivity index (χ2n) is 10.9. The van der Waals surface area contributed by atoms with Gasteiger partial charge in [0.15, 0.2) is 0 Å². The van der Waals surface area contributed by atoms with Gasteiger partial charge in [0.25, 0.3) is 5.91 Å². The molecule has 3 aromatic rings. The molecule has 9 heteroatoms. The quantitative estimate of drug-likeness (QED) is 0.312. The number of methoxy groups -OCH3 is 1. The Kier molecular flexibility index (Phi) is 10.7. The summed E-state index contributed by atoms with van der Waals surface area (Å²) in [4.78, 5) is 42.3. The van der Waals surface area contributed by atoms with Crippen molar-refractivity contribution >= 4 is 23.6 Å². The molecule has 2 N–H and O–H groups in total. The average molecular weight is 571 g/mol. The minimum Gasteiger partial charge on any atom is -0.497 e. The van der Waals surface area contributed by atoms with Crippen molar-refractivity contribution < 1.29 is 23.9 Å². The molecule has 220 valence electrons. The van der Waals surface area contributed by atoms with Crippen molar-refractivity contribution in [2.45, 2.75) is 58.7 Å². The van der Waals surface area contributed by atoms with Crippen LogP contribution in [0.15, 0.2) is 72.8 Å². The topological polar surface area (TPSA) is 121 Å². The van der Waals surface area contributed by atoms with Crippen LogP contribution in [0.5, 0.6) is 5.75 Å². The maximum atomic E-state index is 14.3. The van der Waals surface area contributed by atoms with Crippen LogP contribution in [-0.4, -0.2) is 48.1 Å².